The van der Waals surface area contributed by atoms with Gasteiger partial charge in [-0.25, -0.2) is 0 Å². The Hall–Kier alpha value is -2.37. The van der Waals surface area contributed by atoms with Crippen molar-refractivity contribution in [3.8, 4) is 0 Å². The van der Waals surface area contributed by atoms with E-state index in [1.165, 1.54) is 6.20 Å². The third kappa shape index (κ3) is 3.70. The molecule has 23 heavy (non-hydrogen) atoms. The first-order valence-corrected chi connectivity index (χ1v) is 7.89. The van der Waals surface area contributed by atoms with Crippen molar-refractivity contribution in [2.75, 3.05) is 18.5 Å². The molecule has 0 saturated carbocycles. The van der Waals surface area contributed by atoms with E-state index in [2.05, 4.69) is 15.3 Å². The van der Waals surface area contributed by atoms with Gasteiger partial charge in [-0.15, -0.1) is 0 Å². The Balaban J connectivity index is 2.17. The normalized spacial score (nSPS) is 20.3. The molecule has 2 rings (SSSR count). The van der Waals surface area contributed by atoms with Crippen LogP contribution in [0.4, 0.5) is 5.69 Å². The van der Waals surface area contributed by atoms with Gasteiger partial charge in [0.1, 0.15) is 0 Å². The Labute approximate surface area is 137 Å². The van der Waals surface area contributed by atoms with Gasteiger partial charge in [0.15, 0.2) is 0 Å². The molecule has 0 radical (unpaired) electrons. The molecule has 0 bridgehead atoms. The number of aromatic nitrogens is 1. The minimum Gasteiger partial charge on any atom is -0.403 e. The highest BCUT2D eigenvalue weighted by molar-refractivity contribution is 5.97. The maximum absolute atomic E-state index is 12.2. The van der Waals surface area contributed by atoms with Crippen LogP contribution < -0.4 is 16.0 Å². The van der Waals surface area contributed by atoms with Crippen LogP contribution in [-0.4, -0.2) is 30.7 Å². The lowest BCUT2D eigenvalue weighted by Gasteiger charge is -2.19. The molecule has 0 aromatic carbocycles. The summed E-state index contributed by atoms with van der Waals surface area (Å²) < 4.78 is 0. The number of nitrogens with zero attached hydrogens (tertiary/aromatic N) is 3. The zero-order chi connectivity index (χ0) is 17.0. The number of hydrogen-bond donors (Lipinski definition) is 2. The zero-order valence-corrected chi connectivity index (χ0v) is 14.2. The van der Waals surface area contributed by atoms with Gasteiger partial charge in [0.05, 0.1) is 28.8 Å². The van der Waals surface area contributed by atoms with Crippen molar-refractivity contribution in [1.82, 2.24) is 10.3 Å². The largest absolute Gasteiger partial charge is 0.403 e. The average Bonchev–Trinajstić information content (AvgIpc) is 2.87. The van der Waals surface area contributed by atoms with Gasteiger partial charge in [0, 0.05) is 31.9 Å². The summed E-state index contributed by atoms with van der Waals surface area (Å²) in [7, 11) is 1.79. The molecule has 6 heteroatoms. The Morgan fingerprint density at radius 3 is 2.83 bits per heavy atom. The molecular weight excluding hydrogens is 290 g/mol. The van der Waals surface area contributed by atoms with E-state index in [0.717, 1.165) is 35.7 Å². The van der Waals surface area contributed by atoms with E-state index in [9.17, 15) is 4.79 Å². The Kier molecular flexibility index (Phi) is 5.36. The highest BCUT2D eigenvalue weighted by Crippen LogP contribution is 2.28. The van der Waals surface area contributed by atoms with Crippen molar-refractivity contribution in [1.29, 1.82) is 0 Å². The number of allylic oxidation sites excluding steroid dienone is 1. The molecule has 2 atom stereocenters. The van der Waals surface area contributed by atoms with E-state index < -0.39 is 0 Å². The third-order valence-electron chi connectivity index (χ3n) is 4.18. The molecule has 0 spiro atoms. The van der Waals surface area contributed by atoms with Gasteiger partial charge in [-0.1, -0.05) is 6.92 Å². The van der Waals surface area contributed by atoms with Crippen LogP contribution in [0.3, 0.4) is 0 Å². The molecule has 1 saturated heterocycles. The van der Waals surface area contributed by atoms with Crippen LogP contribution in [0.15, 0.2) is 29.0 Å². The van der Waals surface area contributed by atoms with Crippen molar-refractivity contribution in [2.45, 2.75) is 33.2 Å². The van der Waals surface area contributed by atoms with E-state index in [4.69, 9.17) is 5.73 Å². The molecule has 3 N–H and O–H groups in total. The van der Waals surface area contributed by atoms with Crippen molar-refractivity contribution >= 4 is 17.8 Å². The van der Waals surface area contributed by atoms with Crippen molar-refractivity contribution in [3.63, 3.8) is 0 Å². The second-order valence-corrected chi connectivity index (χ2v) is 5.85. The Morgan fingerprint density at radius 2 is 2.30 bits per heavy atom. The smallest absolute Gasteiger partial charge is 0.229 e. The number of carbonyl (C=O) groups excluding carboxylic acids is 1. The fourth-order valence-corrected chi connectivity index (χ4v) is 2.61. The third-order valence-corrected chi connectivity index (χ3v) is 4.18. The first kappa shape index (κ1) is 17.0. The minimum absolute atomic E-state index is 0.0840. The van der Waals surface area contributed by atoms with Crippen molar-refractivity contribution < 1.29 is 4.79 Å². The second kappa shape index (κ2) is 7.26. The maximum Gasteiger partial charge on any atom is 0.229 e. The van der Waals surface area contributed by atoms with Crippen LogP contribution in [0.2, 0.25) is 0 Å². The number of rotatable bonds is 5. The van der Waals surface area contributed by atoms with E-state index in [1.807, 2.05) is 37.8 Å². The lowest BCUT2D eigenvalue weighted by molar-refractivity contribution is -0.119. The van der Waals surface area contributed by atoms with Gasteiger partial charge in [0.2, 0.25) is 5.91 Å². The Bertz CT molecular complexity index is 638. The first-order valence-electron chi connectivity index (χ1n) is 7.89. The summed E-state index contributed by atoms with van der Waals surface area (Å²) in [6.07, 6.45) is 4.07. The lowest BCUT2D eigenvalue weighted by atomic mass is 10.1. The number of pyridine rings is 1. The molecule has 1 aliphatic rings. The monoisotopic (exact) mass is 315 g/mol. The van der Waals surface area contributed by atoms with Gasteiger partial charge in [0.25, 0.3) is 0 Å². The molecule has 124 valence electrons. The molecule has 0 aliphatic carbocycles. The fraction of sp³-hybridized carbons (Fsp3) is 0.471. The summed E-state index contributed by atoms with van der Waals surface area (Å²) in [4.78, 5) is 23.1. The molecule has 1 amide bonds. The summed E-state index contributed by atoms with van der Waals surface area (Å²) in [6, 6.07) is 3.82. The zero-order valence-electron chi connectivity index (χ0n) is 14.2. The van der Waals surface area contributed by atoms with Crippen molar-refractivity contribution in [2.24, 2.45) is 16.6 Å². The summed E-state index contributed by atoms with van der Waals surface area (Å²) in [5.41, 5.74) is 8.86. The van der Waals surface area contributed by atoms with Gasteiger partial charge in [-0.2, -0.15) is 0 Å². The quantitative estimate of drug-likeness (QED) is 0.813. The maximum atomic E-state index is 12.2. The fourth-order valence-electron chi connectivity index (χ4n) is 2.61. The number of aryl methyl sites for hydroxylation is 1. The first-order chi connectivity index (χ1) is 11.0. The number of carbonyl (C=O) groups is 1. The van der Waals surface area contributed by atoms with Crippen LogP contribution >= 0.6 is 0 Å². The summed E-state index contributed by atoms with van der Waals surface area (Å²) in [6.45, 7) is 6.65. The number of nitrogens with one attached hydrogen (secondary N) is 1. The van der Waals surface area contributed by atoms with Gasteiger partial charge < -0.3 is 16.0 Å². The minimum atomic E-state index is -0.0840. The summed E-state index contributed by atoms with van der Waals surface area (Å²) >= 11 is 0. The second-order valence-electron chi connectivity index (χ2n) is 5.85. The molecule has 1 unspecified atom stereocenters. The SMILES string of the molecule is CN/C(C=NC(C)c1ccc(N2CC[C@@H](C)C2=O)c(C)n1)=C/N. The topological polar surface area (TPSA) is 83.6 Å². The van der Waals surface area contributed by atoms with Crippen LogP contribution in [0.5, 0.6) is 0 Å². The molecule has 6 nitrogen and oxygen atoms in total. The van der Waals surface area contributed by atoms with Crippen LogP contribution in [-0.2, 0) is 4.79 Å². The molecule has 1 fully saturated rings. The number of nitrogens with two attached hydrogens (primary N) is 1. The standard InChI is InChI=1S/C17H25N5O/c1-11-7-8-22(17(11)23)16-6-5-15(21-13(16)3)12(2)20-10-14(9-18)19-4/h5-6,9-12,19H,7-8,18H2,1-4H3/b14-9+,20-10?/t11-,12?/m1/s1. The Morgan fingerprint density at radius 1 is 1.57 bits per heavy atom. The van der Waals surface area contributed by atoms with E-state index in [-0.39, 0.29) is 17.9 Å². The molecule has 1 aromatic heterocycles. The molecule has 1 aromatic rings. The number of anilines is 1. The van der Waals surface area contributed by atoms with Crippen LogP contribution in [0.25, 0.3) is 0 Å². The highest BCUT2D eigenvalue weighted by atomic mass is 16.2. The lowest BCUT2D eigenvalue weighted by Crippen LogP contribution is -2.27. The van der Waals surface area contributed by atoms with Gasteiger partial charge in [-0.3, -0.25) is 14.8 Å². The van der Waals surface area contributed by atoms with E-state index in [1.54, 1.807) is 13.3 Å². The van der Waals surface area contributed by atoms with Gasteiger partial charge in [-0.05, 0) is 32.4 Å². The summed E-state index contributed by atoms with van der Waals surface area (Å²) in [5, 5.41) is 2.95. The predicted octanol–water partition coefficient (Wildman–Crippen LogP) is 1.91. The molecule has 2 heterocycles. The van der Waals surface area contributed by atoms with Gasteiger partial charge >= 0.3 is 0 Å². The predicted molar refractivity (Wildman–Crippen MR) is 93.3 cm³/mol. The van der Waals surface area contributed by atoms with Crippen LogP contribution in [0, 0.1) is 12.8 Å². The number of hydrogen-bond acceptors (Lipinski definition) is 5. The summed E-state index contributed by atoms with van der Waals surface area (Å²) in [5.74, 6) is 0.279. The van der Waals surface area contributed by atoms with Crippen LogP contribution in [0.1, 0.15) is 37.7 Å². The molecule has 1 aliphatic heterocycles. The number of aliphatic imine (C=N–C) groups is 1. The molecular formula is C17H25N5O. The highest BCUT2D eigenvalue weighted by Gasteiger charge is 2.30. The van der Waals surface area contributed by atoms with E-state index >= 15 is 0 Å². The number of amides is 1. The van der Waals surface area contributed by atoms with E-state index in [0.29, 0.717) is 0 Å². The van der Waals surface area contributed by atoms with Crippen molar-refractivity contribution in [3.05, 3.63) is 35.4 Å². The average molecular weight is 315 g/mol.